The lowest BCUT2D eigenvalue weighted by atomic mass is 9.67. The summed E-state index contributed by atoms with van der Waals surface area (Å²) in [6.07, 6.45) is 4.40. The zero-order valence-electron chi connectivity index (χ0n) is 14.8. The van der Waals surface area contributed by atoms with Gasteiger partial charge in [-0.15, -0.1) is 0 Å². The maximum absolute atomic E-state index is 13.1. The predicted molar refractivity (Wildman–Crippen MR) is 93.6 cm³/mol. The van der Waals surface area contributed by atoms with Crippen molar-refractivity contribution in [3.05, 3.63) is 35.9 Å². The summed E-state index contributed by atoms with van der Waals surface area (Å²) in [6.45, 7) is 3.70. The zero-order valence-corrected chi connectivity index (χ0v) is 14.8. The van der Waals surface area contributed by atoms with E-state index in [-0.39, 0.29) is 17.2 Å². The molecule has 1 aliphatic heterocycles. The number of nitrogens with zero attached hydrogens (tertiary/aromatic N) is 1. The number of carbonyl (C=O) groups is 1. The van der Waals surface area contributed by atoms with Crippen LogP contribution in [-0.4, -0.2) is 48.3 Å². The van der Waals surface area contributed by atoms with Gasteiger partial charge in [0, 0.05) is 26.1 Å². The molecule has 24 heavy (non-hydrogen) atoms. The highest BCUT2D eigenvalue weighted by Crippen LogP contribution is 2.44. The van der Waals surface area contributed by atoms with Crippen molar-refractivity contribution in [2.75, 3.05) is 26.8 Å². The number of ether oxygens (including phenoxy) is 1. The smallest absolute Gasteiger partial charge is 0.231 e. The molecule has 4 nitrogen and oxygen atoms in total. The molecule has 0 bridgehead atoms. The highest BCUT2D eigenvalue weighted by atomic mass is 16.5. The van der Waals surface area contributed by atoms with E-state index in [1.54, 1.807) is 7.11 Å². The average molecular weight is 331 g/mol. The van der Waals surface area contributed by atoms with Crippen molar-refractivity contribution < 1.29 is 14.6 Å². The summed E-state index contributed by atoms with van der Waals surface area (Å²) in [6, 6.07) is 10.2. The molecule has 1 N–H and O–H groups in total. The Morgan fingerprint density at radius 3 is 2.58 bits per heavy atom. The minimum absolute atomic E-state index is 0.0669. The number of rotatable bonds is 5. The van der Waals surface area contributed by atoms with E-state index in [9.17, 15) is 9.90 Å². The van der Waals surface area contributed by atoms with Crippen molar-refractivity contribution in [1.82, 2.24) is 4.90 Å². The molecule has 0 radical (unpaired) electrons. The van der Waals surface area contributed by atoms with Crippen LogP contribution >= 0.6 is 0 Å². The van der Waals surface area contributed by atoms with Crippen molar-refractivity contribution in [2.24, 2.45) is 11.3 Å². The van der Waals surface area contributed by atoms with Crippen molar-refractivity contribution in [2.45, 2.75) is 44.6 Å². The second-order valence-corrected chi connectivity index (χ2v) is 7.81. The van der Waals surface area contributed by atoms with Gasteiger partial charge in [-0.2, -0.15) is 0 Å². The Balaban J connectivity index is 1.72. The maximum atomic E-state index is 13.1. The number of hydrogen-bond donors (Lipinski definition) is 1. The van der Waals surface area contributed by atoms with E-state index in [0.717, 1.165) is 25.7 Å². The fraction of sp³-hybridized carbons (Fsp3) is 0.650. The zero-order chi connectivity index (χ0) is 17.2. The van der Waals surface area contributed by atoms with E-state index in [0.29, 0.717) is 26.1 Å². The molecule has 1 saturated heterocycles. The van der Waals surface area contributed by atoms with Gasteiger partial charge in [0.2, 0.25) is 5.91 Å². The molecule has 3 rings (SSSR count). The monoisotopic (exact) mass is 331 g/mol. The molecular formula is C20H29NO3. The van der Waals surface area contributed by atoms with Gasteiger partial charge in [-0.3, -0.25) is 4.79 Å². The molecule has 4 heteroatoms. The van der Waals surface area contributed by atoms with Gasteiger partial charge in [-0.25, -0.2) is 0 Å². The van der Waals surface area contributed by atoms with Crippen LogP contribution in [0.4, 0.5) is 0 Å². The molecule has 0 unspecified atom stereocenters. The largest absolute Gasteiger partial charge is 0.390 e. The van der Waals surface area contributed by atoms with Crippen LogP contribution in [0.1, 0.15) is 38.2 Å². The summed E-state index contributed by atoms with van der Waals surface area (Å²) < 4.78 is 5.33. The molecule has 1 amide bonds. The van der Waals surface area contributed by atoms with Crippen LogP contribution in [0.3, 0.4) is 0 Å². The first-order valence-corrected chi connectivity index (χ1v) is 9.01. The minimum Gasteiger partial charge on any atom is -0.390 e. The Bertz CT molecular complexity index is 566. The van der Waals surface area contributed by atoms with Crippen molar-refractivity contribution in [3.63, 3.8) is 0 Å². The molecular weight excluding hydrogens is 302 g/mol. The number of benzene rings is 1. The fourth-order valence-electron chi connectivity index (χ4n) is 4.12. The standard InChI is InChI=1S/C20H29NO3/c1-19(23)11-12-21(18(22)20(15-24-2)9-6-10-20)14-17(19)13-16-7-4-3-5-8-16/h3-5,7-8,17,23H,6,9-15H2,1-2H3/t17-,19+/m0/s1. The average Bonchev–Trinajstić information content (AvgIpc) is 2.53. The molecule has 2 fully saturated rings. The van der Waals surface area contributed by atoms with Gasteiger partial charge in [-0.05, 0) is 38.2 Å². The molecule has 2 aliphatic rings. The van der Waals surface area contributed by atoms with Crippen LogP contribution in [0.15, 0.2) is 30.3 Å². The lowest BCUT2D eigenvalue weighted by Gasteiger charge is -2.48. The third kappa shape index (κ3) is 3.35. The lowest BCUT2D eigenvalue weighted by molar-refractivity contribution is -0.159. The predicted octanol–water partition coefficient (Wildman–Crippen LogP) is 2.65. The normalized spacial score (nSPS) is 29.1. The van der Waals surface area contributed by atoms with Gasteiger partial charge >= 0.3 is 0 Å². The van der Waals surface area contributed by atoms with Crippen LogP contribution in [0, 0.1) is 11.3 Å². The Labute approximate surface area is 144 Å². The van der Waals surface area contributed by atoms with E-state index in [1.165, 1.54) is 5.56 Å². The number of hydrogen-bond acceptors (Lipinski definition) is 3. The van der Waals surface area contributed by atoms with Gasteiger partial charge in [0.1, 0.15) is 0 Å². The summed E-state index contributed by atoms with van der Waals surface area (Å²) in [5.74, 6) is 0.293. The topological polar surface area (TPSA) is 49.8 Å². The summed E-state index contributed by atoms with van der Waals surface area (Å²) in [5, 5.41) is 10.8. The van der Waals surface area contributed by atoms with Crippen molar-refractivity contribution in [3.8, 4) is 0 Å². The summed E-state index contributed by atoms with van der Waals surface area (Å²) in [7, 11) is 1.67. The first-order valence-electron chi connectivity index (χ1n) is 9.01. The Kier molecular flexibility index (Phi) is 4.97. The number of piperidine rings is 1. The second-order valence-electron chi connectivity index (χ2n) is 7.81. The molecule has 1 aromatic rings. The lowest BCUT2D eigenvalue weighted by Crippen LogP contribution is -2.58. The summed E-state index contributed by atoms with van der Waals surface area (Å²) >= 11 is 0. The molecule has 1 heterocycles. The highest BCUT2D eigenvalue weighted by Gasteiger charge is 2.49. The van der Waals surface area contributed by atoms with E-state index >= 15 is 0 Å². The molecule has 2 atom stereocenters. The Hall–Kier alpha value is -1.39. The quantitative estimate of drug-likeness (QED) is 0.902. The molecule has 1 aromatic carbocycles. The van der Waals surface area contributed by atoms with E-state index in [2.05, 4.69) is 12.1 Å². The van der Waals surface area contributed by atoms with Crippen LogP contribution in [0.5, 0.6) is 0 Å². The number of methoxy groups -OCH3 is 1. The van der Waals surface area contributed by atoms with E-state index in [4.69, 9.17) is 4.74 Å². The SMILES string of the molecule is COCC1(C(=O)N2CC[C@@](C)(O)[C@@H](Cc3ccccc3)C2)CCC1. The third-order valence-electron chi connectivity index (χ3n) is 6.01. The van der Waals surface area contributed by atoms with Gasteiger partial charge in [0.05, 0.1) is 17.6 Å². The maximum Gasteiger partial charge on any atom is 0.231 e. The molecule has 132 valence electrons. The van der Waals surface area contributed by atoms with Gasteiger partial charge in [0.25, 0.3) is 0 Å². The van der Waals surface area contributed by atoms with Gasteiger partial charge in [-0.1, -0.05) is 36.8 Å². The molecule has 1 saturated carbocycles. The van der Waals surface area contributed by atoms with Crippen LogP contribution in [0.2, 0.25) is 0 Å². The van der Waals surface area contributed by atoms with Crippen molar-refractivity contribution >= 4 is 5.91 Å². The minimum atomic E-state index is -0.722. The van der Waals surface area contributed by atoms with E-state index < -0.39 is 5.60 Å². The number of likely N-dealkylation sites (tertiary alicyclic amines) is 1. The molecule has 0 spiro atoms. The van der Waals surface area contributed by atoms with Crippen molar-refractivity contribution in [1.29, 1.82) is 0 Å². The van der Waals surface area contributed by atoms with Gasteiger partial charge < -0.3 is 14.7 Å². The molecule has 1 aliphatic carbocycles. The summed E-state index contributed by atoms with van der Waals surface area (Å²) in [5.41, 5.74) is 0.183. The highest BCUT2D eigenvalue weighted by molar-refractivity contribution is 5.84. The van der Waals surface area contributed by atoms with Crippen LogP contribution < -0.4 is 0 Å². The van der Waals surface area contributed by atoms with Crippen LogP contribution in [-0.2, 0) is 16.0 Å². The third-order valence-corrected chi connectivity index (χ3v) is 6.01. The Morgan fingerprint density at radius 2 is 2.00 bits per heavy atom. The van der Waals surface area contributed by atoms with E-state index in [1.807, 2.05) is 30.0 Å². The Morgan fingerprint density at radius 1 is 1.29 bits per heavy atom. The summed E-state index contributed by atoms with van der Waals surface area (Å²) in [4.78, 5) is 15.0. The van der Waals surface area contributed by atoms with Crippen LogP contribution in [0.25, 0.3) is 0 Å². The second kappa shape index (κ2) is 6.85. The number of aliphatic hydroxyl groups is 1. The van der Waals surface area contributed by atoms with Gasteiger partial charge in [0.15, 0.2) is 0 Å². The first kappa shape index (κ1) is 17.4. The molecule has 0 aromatic heterocycles. The first-order chi connectivity index (χ1) is 11.5. The fourth-order valence-corrected chi connectivity index (χ4v) is 4.12. The number of amides is 1. The number of carbonyl (C=O) groups excluding carboxylic acids is 1.